The maximum atomic E-state index is 11.6. The number of carbonyl (C=O) groups is 2. The van der Waals surface area contributed by atoms with Gasteiger partial charge in [-0.05, 0) is 37.0 Å². The molecule has 0 bridgehead atoms. The molecule has 1 amide bonds. The van der Waals surface area contributed by atoms with E-state index in [9.17, 15) is 9.59 Å². The normalized spacial score (nSPS) is 10.3. The summed E-state index contributed by atoms with van der Waals surface area (Å²) in [6.45, 7) is 0.500. The topological polar surface area (TPSA) is 66.4 Å². The summed E-state index contributed by atoms with van der Waals surface area (Å²) >= 11 is 11.8. The summed E-state index contributed by atoms with van der Waals surface area (Å²) < 4.78 is 0. The zero-order valence-corrected chi connectivity index (χ0v) is 12.5. The van der Waals surface area contributed by atoms with Gasteiger partial charge in [-0.1, -0.05) is 29.3 Å². The van der Waals surface area contributed by atoms with Crippen LogP contribution in [0.2, 0.25) is 10.0 Å². The summed E-state index contributed by atoms with van der Waals surface area (Å²) in [6.07, 6.45) is 2.27. The highest BCUT2D eigenvalue weighted by atomic mass is 35.5. The summed E-state index contributed by atoms with van der Waals surface area (Å²) in [7, 11) is 0. The van der Waals surface area contributed by atoms with Crippen LogP contribution in [0.25, 0.3) is 0 Å². The Morgan fingerprint density at radius 2 is 1.90 bits per heavy atom. The summed E-state index contributed by atoms with van der Waals surface area (Å²) in [5, 5.41) is 12.4. The van der Waals surface area contributed by atoms with E-state index in [4.69, 9.17) is 28.3 Å². The molecule has 0 heterocycles. The number of nitrogens with one attached hydrogen (secondary N) is 1. The fraction of sp³-hybridized carbons (Fsp3) is 0.429. The Kier molecular flexibility index (Phi) is 7.41. The predicted octanol–water partition coefficient (Wildman–Crippen LogP) is 3.30. The van der Waals surface area contributed by atoms with Crippen molar-refractivity contribution < 1.29 is 14.7 Å². The average molecular weight is 318 g/mol. The van der Waals surface area contributed by atoms with Crippen molar-refractivity contribution in [3.05, 3.63) is 33.8 Å². The monoisotopic (exact) mass is 317 g/mol. The molecule has 0 saturated heterocycles. The second kappa shape index (κ2) is 8.82. The number of halogens is 2. The number of aryl methyl sites for hydroxylation is 1. The van der Waals surface area contributed by atoms with Gasteiger partial charge >= 0.3 is 5.97 Å². The SMILES string of the molecule is O=C(O)CCCCNC(=O)CCc1ccc(Cl)cc1Cl. The van der Waals surface area contributed by atoms with Gasteiger partial charge < -0.3 is 10.4 Å². The lowest BCUT2D eigenvalue weighted by atomic mass is 10.1. The molecule has 1 aromatic carbocycles. The zero-order chi connectivity index (χ0) is 15.0. The number of hydrogen-bond acceptors (Lipinski definition) is 2. The molecule has 2 N–H and O–H groups in total. The third-order valence-corrected chi connectivity index (χ3v) is 3.36. The van der Waals surface area contributed by atoms with Gasteiger partial charge in [0.1, 0.15) is 0 Å². The molecular formula is C14H17Cl2NO3. The van der Waals surface area contributed by atoms with Crippen molar-refractivity contribution in [1.29, 1.82) is 0 Å². The van der Waals surface area contributed by atoms with Gasteiger partial charge in [0.15, 0.2) is 0 Å². The zero-order valence-electron chi connectivity index (χ0n) is 11.0. The number of carboxylic acid groups (broad SMARTS) is 1. The van der Waals surface area contributed by atoms with Crippen LogP contribution in [0, 0.1) is 0 Å². The van der Waals surface area contributed by atoms with E-state index in [2.05, 4.69) is 5.32 Å². The van der Waals surface area contributed by atoms with Crippen LogP contribution >= 0.6 is 23.2 Å². The van der Waals surface area contributed by atoms with Gasteiger partial charge in [-0.15, -0.1) is 0 Å². The highest BCUT2D eigenvalue weighted by Crippen LogP contribution is 2.21. The van der Waals surface area contributed by atoms with Crippen molar-refractivity contribution in [2.75, 3.05) is 6.54 Å². The van der Waals surface area contributed by atoms with Crippen molar-refractivity contribution in [2.45, 2.75) is 32.1 Å². The molecule has 1 rings (SSSR count). The van der Waals surface area contributed by atoms with Crippen molar-refractivity contribution in [1.82, 2.24) is 5.32 Å². The molecule has 0 aliphatic heterocycles. The largest absolute Gasteiger partial charge is 0.481 e. The standard InChI is InChI=1S/C14H17Cl2NO3/c15-11-6-4-10(12(16)9-11)5-7-13(18)17-8-2-1-3-14(19)20/h4,6,9H,1-3,5,7-8H2,(H,17,18)(H,19,20). The van der Waals surface area contributed by atoms with Gasteiger partial charge in [-0.2, -0.15) is 0 Å². The van der Waals surface area contributed by atoms with E-state index in [1.165, 1.54) is 0 Å². The molecule has 0 saturated carbocycles. The maximum Gasteiger partial charge on any atom is 0.303 e. The molecule has 20 heavy (non-hydrogen) atoms. The van der Waals surface area contributed by atoms with E-state index in [1.807, 2.05) is 6.07 Å². The molecule has 0 aliphatic carbocycles. The summed E-state index contributed by atoms with van der Waals surface area (Å²) in [4.78, 5) is 21.9. The highest BCUT2D eigenvalue weighted by molar-refractivity contribution is 6.35. The third-order valence-electron chi connectivity index (χ3n) is 2.78. The first-order valence-corrected chi connectivity index (χ1v) is 7.17. The van der Waals surface area contributed by atoms with Gasteiger partial charge in [0.2, 0.25) is 5.91 Å². The van der Waals surface area contributed by atoms with E-state index < -0.39 is 5.97 Å². The van der Waals surface area contributed by atoms with Gasteiger partial charge in [-0.25, -0.2) is 0 Å². The van der Waals surface area contributed by atoms with E-state index in [-0.39, 0.29) is 12.3 Å². The van der Waals surface area contributed by atoms with E-state index >= 15 is 0 Å². The van der Waals surface area contributed by atoms with E-state index in [0.717, 1.165) is 5.56 Å². The number of aliphatic carboxylic acids is 1. The molecular weight excluding hydrogens is 301 g/mol. The minimum absolute atomic E-state index is 0.0636. The van der Waals surface area contributed by atoms with Crippen molar-refractivity contribution in [3.63, 3.8) is 0 Å². The fourth-order valence-corrected chi connectivity index (χ4v) is 2.19. The lowest BCUT2D eigenvalue weighted by molar-refractivity contribution is -0.137. The maximum absolute atomic E-state index is 11.6. The Morgan fingerprint density at radius 3 is 2.55 bits per heavy atom. The second-order valence-corrected chi connectivity index (χ2v) is 5.28. The third kappa shape index (κ3) is 6.78. The first kappa shape index (κ1) is 16.8. The van der Waals surface area contributed by atoms with Crippen LogP contribution in [0.15, 0.2) is 18.2 Å². The van der Waals surface area contributed by atoms with Crippen molar-refractivity contribution in [2.24, 2.45) is 0 Å². The summed E-state index contributed by atoms with van der Waals surface area (Å²) in [5.41, 5.74) is 0.886. The molecule has 110 valence electrons. The number of benzene rings is 1. The molecule has 0 aromatic heterocycles. The van der Waals surface area contributed by atoms with E-state index in [1.54, 1.807) is 12.1 Å². The van der Waals surface area contributed by atoms with Gasteiger partial charge in [0.25, 0.3) is 0 Å². The second-order valence-electron chi connectivity index (χ2n) is 4.44. The van der Waals surface area contributed by atoms with Crippen LogP contribution < -0.4 is 5.32 Å². The van der Waals surface area contributed by atoms with Crippen molar-refractivity contribution in [3.8, 4) is 0 Å². The molecule has 0 fully saturated rings. The minimum Gasteiger partial charge on any atom is -0.481 e. The molecule has 0 aliphatic rings. The molecule has 0 unspecified atom stereocenters. The van der Waals surface area contributed by atoms with Crippen LogP contribution in [0.3, 0.4) is 0 Å². The number of carboxylic acids is 1. The number of carbonyl (C=O) groups excluding carboxylic acids is 1. The minimum atomic E-state index is -0.811. The van der Waals surface area contributed by atoms with Crippen molar-refractivity contribution >= 4 is 35.1 Å². The molecule has 1 aromatic rings. The number of rotatable bonds is 8. The Morgan fingerprint density at radius 1 is 1.15 bits per heavy atom. The van der Waals surface area contributed by atoms with Gasteiger partial charge in [0.05, 0.1) is 0 Å². The molecule has 0 spiro atoms. The fourth-order valence-electron chi connectivity index (χ4n) is 1.69. The quantitative estimate of drug-likeness (QED) is 0.723. The summed E-state index contributed by atoms with van der Waals surface area (Å²) in [6, 6.07) is 5.21. The van der Waals surface area contributed by atoms with Crippen LogP contribution in [-0.2, 0) is 16.0 Å². The van der Waals surface area contributed by atoms with Crippen LogP contribution in [0.4, 0.5) is 0 Å². The number of hydrogen-bond donors (Lipinski definition) is 2. The molecule has 0 atom stereocenters. The predicted molar refractivity (Wildman–Crippen MR) is 79.3 cm³/mol. The summed E-state index contributed by atoms with van der Waals surface area (Å²) in [5.74, 6) is -0.875. The molecule has 6 heteroatoms. The van der Waals surface area contributed by atoms with Gasteiger partial charge in [0, 0.05) is 29.4 Å². The Bertz CT molecular complexity index is 477. The first-order chi connectivity index (χ1) is 9.49. The van der Waals surface area contributed by atoms with Crippen LogP contribution in [0.1, 0.15) is 31.2 Å². The Hall–Kier alpha value is -1.26. The number of amides is 1. The molecule has 0 radical (unpaired) electrons. The highest BCUT2D eigenvalue weighted by Gasteiger charge is 2.05. The molecule has 4 nitrogen and oxygen atoms in total. The Labute approximate surface area is 128 Å². The van der Waals surface area contributed by atoms with Gasteiger partial charge in [-0.3, -0.25) is 9.59 Å². The first-order valence-electron chi connectivity index (χ1n) is 6.41. The lowest BCUT2D eigenvalue weighted by Gasteiger charge is -2.06. The van der Waals surface area contributed by atoms with E-state index in [0.29, 0.717) is 42.3 Å². The number of unbranched alkanes of at least 4 members (excludes halogenated alkanes) is 1. The average Bonchev–Trinajstić information content (AvgIpc) is 2.37. The Balaban J connectivity index is 2.21. The van der Waals surface area contributed by atoms with Crippen LogP contribution in [-0.4, -0.2) is 23.5 Å². The smallest absolute Gasteiger partial charge is 0.303 e. The van der Waals surface area contributed by atoms with Crippen LogP contribution in [0.5, 0.6) is 0 Å². The lowest BCUT2D eigenvalue weighted by Crippen LogP contribution is -2.24.